The van der Waals surface area contributed by atoms with E-state index in [1.54, 1.807) is 26.2 Å². The quantitative estimate of drug-likeness (QED) is 0.837. The summed E-state index contributed by atoms with van der Waals surface area (Å²) >= 11 is 0. The Morgan fingerprint density at radius 1 is 1.25 bits per heavy atom. The van der Waals surface area contributed by atoms with Crippen LogP contribution in [0.15, 0.2) is 24.5 Å². The Morgan fingerprint density at radius 3 is 2.45 bits per heavy atom. The monoisotopic (exact) mass is 271 g/mol. The summed E-state index contributed by atoms with van der Waals surface area (Å²) in [7, 11) is 0. The average molecular weight is 271 g/mol. The van der Waals surface area contributed by atoms with Crippen molar-refractivity contribution in [1.82, 2.24) is 15.3 Å². The molecule has 0 saturated carbocycles. The SMILES string of the molecule is CC(=O)c1c(C)[nH]c(C(=O)NCc2ccncc2)c1C. The van der Waals surface area contributed by atoms with Gasteiger partial charge in [0.15, 0.2) is 5.78 Å². The molecule has 0 saturated heterocycles. The highest BCUT2D eigenvalue weighted by Crippen LogP contribution is 2.18. The van der Waals surface area contributed by atoms with Gasteiger partial charge >= 0.3 is 0 Å². The third kappa shape index (κ3) is 2.77. The second kappa shape index (κ2) is 5.69. The molecule has 0 radical (unpaired) electrons. The molecule has 5 nitrogen and oxygen atoms in total. The molecule has 0 atom stereocenters. The van der Waals surface area contributed by atoms with E-state index in [1.165, 1.54) is 6.92 Å². The molecule has 1 amide bonds. The van der Waals surface area contributed by atoms with Crippen LogP contribution in [0.1, 0.15) is 44.6 Å². The van der Waals surface area contributed by atoms with Crippen LogP contribution in [0.5, 0.6) is 0 Å². The number of ketones is 1. The molecule has 0 bridgehead atoms. The number of Topliss-reactive ketones (excluding diaryl/α,β-unsaturated/α-hetero) is 1. The van der Waals surface area contributed by atoms with Crippen LogP contribution in [0, 0.1) is 13.8 Å². The molecular formula is C15H17N3O2. The van der Waals surface area contributed by atoms with Gasteiger partial charge < -0.3 is 10.3 Å². The topological polar surface area (TPSA) is 74.8 Å². The molecule has 0 unspecified atom stereocenters. The summed E-state index contributed by atoms with van der Waals surface area (Å²) in [4.78, 5) is 30.6. The van der Waals surface area contributed by atoms with Crippen molar-refractivity contribution in [2.45, 2.75) is 27.3 Å². The molecule has 0 aliphatic heterocycles. The van der Waals surface area contributed by atoms with Gasteiger partial charge in [-0.25, -0.2) is 0 Å². The highest BCUT2D eigenvalue weighted by molar-refractivity contribution is 6.02. The molecule has 2 heterocycles. The summed E-state index contributed by atoms with van der Waals surface area (Å²) in [5, 5.41) is 2.83. The van der Waals surface area contributed by atoms with Gasteiger partial charge in [-0.3, -0.25) is 14.6 Å². The van der Waals surface area contributed by atoms with Crippen LogP contribution in [-0.4, -0.2) is 21.7 Å². The number of aromatic nitrogens is 2. The number of nitrogens with zero attached hydrogens (tertiary/aromatic N) is 1. The molecule has 5 heteroatoms. The molecule has 20 heavy (non-hydrogen) atoms. The molecule has 0 spiro atoms. The van der Waals surface area contributed by atoms with Gasteiger partial charge in [-0.15, -0.1) is 0 Å². The smallest absolute Gasteiger partial charge is 0.268 e. The molecule has 2 aromatic rings. The first-order chi connectivity index (χ1) is 9.50. The van der Waals surface area contributed by atoms with Crippen molar-refractivity contribution in [2.75, 3.05) is 0 Å². The number of hydrogen-bond acceptors (Lipinski definition) is 3. The average Bonchev–Trinajstić information content (AvgIpc) is 2.72. The van der Waals surface area contributed by atoms with Crippen LogP contribution in [0.25, 0.3) is 0 Å². The number of hydrogen-bond donors (Lipinski definition) is 2. The number of nitrogens with one attached hydrogen (secondary N) is 2. The summed E-state index contributed by atoms with van der Waals surface area (Å²) in [5.41, 5.74) is 3.44. The first-order valence-electron chi connectivity index (χ1n) is 6.38. The Labute approximate surface area is 117 Å². The van der Waals surface area contributed by atoms with E-state index < -0.39 is 0 Å². The van der Waals surface area contributed by atoms with Gasteiger partial charge in [0.05, 0.1) is 0 Å². The maximum atomic E-state index is 12.2. The van der Waals surface area contributed by atoms with Gasteiger partial charge in [0.25, 0.3) is 5.91 Å². The summed E-state index contributed by atoms with van der Waals surface area (Å²) < 4.78 is 0. The lowest BCUT2D eigenvalue weighted by Gasteiger charge is -2.04. The van der Waals surface area contributed by atoms with Crippen molar-refractivity contribution in [3.05, 3.63) is 52.6 Å². The fourth-order valence-electron chi connectivity index (χ4n) is 2.28. The van der Waals surface area contributed by atoms with E-state index in [-0.39, 0.29) is 11.7 Å². The third-order valence-electron chi connectivity index (χ3n) is 3.22. The summed E-state index contributed by atoms with van der Waals surface area (Å²) in [6.07, 6.45) is 3.36. The van der Waals surface area contributed by atoms with Crippen molar-refractivity contribution in [3.8, 4) is 0 Å². The fraction of sp³-hybridized carbons (Fsp3) is 0.267. The summed E-state index contributed by atoms with van der Waals surface area (Å²) in [6, 6.07) is 3.68. The summed E-state index contributed by atoms with van der Waals surface area (Å²) in [5.74, 6) is -0.251. The number of pyridine rings is 1. The largest absolute Gasteiger partial charge is 0.354 e. The van der Waals surface area contributed by atoms with Crippen molar-refractivity contribution in [1.29, 1.82) is 0 Å². The standard InChI is InChI=1S/C15H17N3O2/c1-9-13(11(3)19)10(2)18-14(9)15(20)17-8-12-4-6-16-7-5-12/h4-7,18H,8H2,1-3H3,(H,17,20). The minimum Gasteiger partial charge on any atom is -0.354 e. The van der Waals surface area contributed by atoms with Crippen molar-refractivity contribution in [2.24, 2.45) is 0 Å². The molecule has 2 aromatic heterocycles. The number of carbonyl (C=O) groups is 2. The Balaban J connectivity index is 2.14. The molecular weight excluding hydrogens is 254 g/mol. The zero-order valence-electron chi connectivity index (χ0n) is 11.8. The molecule has 0 aliphatic rings. The van der Waals surface area contributed by atoms with Crippen molar-refractivity contribution >= 4 is 11.7 Å². The number of H-pyrrole nitrogens is 1. The highest BCUT2D eigenvalue weighted by atomic mass is 16.2. The van der Waals surface area contributed by atoms with Gasteiger partial charge in [-0.1, -0.05) is 0 Å². The van der Waals surface area contributed by atoms with E-state index in [4.69, 9.17) is 0 Å². The Morgan fingerprint density at radius 2 is 1.90 bits per heavy atom. The lowest BCUT2D eigenvalue weighted by molar-refractivity contribution is 0.0945. The molecule has 2 rings (SSSR count). The van der Waals surface area contributed by atoms with E-state index in [0.717, 1.165) is 11.3 Å². The first-order valence-corrected chi connectivity index (χ1v) is 6.38. The second-order valence-corrected chi connectivity index (χ2v) is 4.72. The van der Waals surface area contributed by atoms with Crippen LogP contribution >= 0.6 is 0 Å². The Bertz CT molecular complexity index is 645. The number of rotatable bonds is 4. The molecule has 2 N–H and O–H groups in total. The molecule has 0 aromatic carbocycles. The summed E-state index contributed by atoms with van der Waals surface area (Å²) in [6.45, 7) is 5.50. The lowest BCUT2D eigenvalue weighted by atomic mass is 10.1. The van der Waals surface area contributed by atoms with Crippen LogP contribution in [0.2, 0.25) is 0 Å². The highest BCUT2D eigenvalue weighted by Gasteiger charge is 2.19. The fourth-order valence-corrected chi connectivity index (χ4v) is 2.28. The van der Waals surface area contributed by atoms with Crippen molar-refractivity contribution < 1.29 is 9.59 Å². The van der Waals surface area contributed by atoms with Gasteiger partial charge in [-0.05, 0) is 44.0 Å². The zero-order valence-corrected chi connectivity index (χ0v) is 11.8. The predicted molar refractivity (Wildman–Crippen MR) is 75.7 cm³/mol. The van der Waals surface area contributed by atoms with E-state index >= 15 is 0 Å². The first kappa shape index (κ1) is 14.0. The minimum absolute atomic E-state index is 0.0376. The zero-order chi connectivity index (χ0) is 14.7. The Kier molecular flexibility index (Phi) is 3.98. The second-order valence-electron chi connectivity index (χ2n) is 4.72. The van der Waals surface area contributed by atoms with Crippen LogP contribution in [0.3, 0.4) is 0 Å². The van der Waals surface area contributed by atoms with Crippen LogP contribution < -0.4 is 5.32 Å². The van der Waals surface area contributed by atoms with Gasteiger partial charge in [0.2, 0.25) is 0 Å². The lowest BCUT2D eigenvalue weighted by Crippen LogP contribution is -2.24. The van der Waals surface area contributed by atoms with E-state index in [2.05, 4.69) is 15.3 Å². The molecule has 0 fully saturated rings. The molecule has 0 aliphatic carbocycles. The minimum atomic E-state index is -0.213. The van der Waals surface area contributed by atoms with Gasteiger partial charge in [0, 0.05) is 30.2 Å². The van der Waals surface area contributed by atoms with Crippen LogP contribution in [0.4, 0.5) is 0 Å². The van der Waals surface area contributed by atoms with E-state index in [0.29, 0.717) is 23.4 Å². The number of aromatic amines is 1. The van der Waals surface area contributed by atoms with Crippen molar-refractivity contribution in [3.63, 3.8) is 0 Å². The van der Waals surface area contributed by atoms with Crippen LogP contribution in [-0.2, 0) is 6.54 Å². The third-order valence-corrected chi connectivity index (χ3v) is 3.22. The maximum Gasteiger partial charge on any atom is 0.268 e. The molecule has 104 valence electrons. The van der Waals surface area contributed by atoms with E-state index in [9.17, 15) is 9.59 Å². The van der Waals surface area contributed by atoms with E-state index in [1.807, 2.05) is 12.1 Å². The number of amides is 1. The van der Waals surface area contributed by atoms with Gasteiger partial charge in [-0.2, -0.15) is 0 Å². The Hall–Kier alpha value is -2.43. The van der Waals surface area contributed by atoms with Gasteiger partial charge in [0.1, 0.15) is 5.69 Å². The normalized spacial score (nSPS) is 10.3. The maximum absolute atomic E-state index is 12.2. The number of aryl methyl sites for hydroxylation is 1. The predicted octanol–water partition coefficient (Wildman–Crippen LogP) is 2.16. The number of carbonyl (C=O) groups excluding carboxylic acids is 2.